The predicted octanol–water partition coefficient (Wildman–Crippen LogP) is 1.98. The Kier molecular flexibility index (Phi) is 2.71. The summed E-state index contributed by atoms with van der Waals surface area (Å²) in [5.74, 6) is 1.62. The number of benzene rings is 1. The van der Waals surface area contributed by atoms with Gasteiger partial charge in [-0.1, -0.05) is 19.9 Å². The summed E-state index contributed by atoms with van der Waals surface area (Å²) in [7, 11) is 0. The topological polar surface area (TPSA) is 24.5 Å². The number of nitrogens with zero attached hydrogens (tertiary/aromatic N) is 1. The van der Waals surface area contributed by atoms with E-state index in [-0.39, 0.29) is 0 Å². The van der Waals surface area contributed by atoms with Crippen LogP contribution in [0.25, 0.3) is 0 Å². The molecule has 0 amide bonds. The summed E-state index contributed by atoms with van der Waals surface area (Å²) in [6, 6.07) is 7.12. The molecular weight excluding hydrogens is 212 g/mol. The molecule has 17 heavy (non-hydrogen) atoms. The minimum Gasteiger partial charge on any atom is -0.489 e. The van der Waals surface area contributed by atoms with Gasteiger partial charge in [0.2, 0.25) is 0 Å². The normalized spacial score (nSPS) is 23.0. The molecule has 1 N–H and O–H groups in total. The molecule has 0 radical (unpaired) electrons. The second-order valence-electron chi connectivity index (χ2n) is 5.24. The van der Waals surface area contributed by atoms with Crippen molar-refractivity contribution in [2.45, 2.75) is 25.8 Å². The molecular formula is C14H20N2O. The summed E-state index contributed by atoms with van der Waals surface area (Å²) in [4.78, 5) is 2.50. The predicted molar refractivity (Wildman–Crippen MR) is 70.0 cm³/mol. The van der Waals surface area contributed by atoms with Crippen LogP contribution in [0.5, 0.6) is 5.75 Å². The SMILES string of the molecule is CC(C)c1ccc2c(c1)N1CCNCC1CO2. The largest absolute Gasteiger partial charge is 0.489 e. The molecule has 3 rings (SSSR count). The number of rotatable bonds is 1. The summed E-state index contributed by atoms with van der Waals surface area (Å²) >= 11 is 0. The fourth-order valence-corrected chi connectivity index (χ4v) is 2.65. The number of nitrogens with one attached hydrogen (secondary N) is 1. The van der Waals surface area contributed by atoms with Crippen molar-refractivity contribution in [3.8, 4) is 5.75 Å². The second-order valence-corrected chi connectivity index (χ2v) is 5.24. The third-order valence-electron chi connectivity index (χ3n) is 3.74. The summed E-state index contributed by atoms with van der Waals surface area (Å²) < 4.78 is 5.85. The van der Waals surface area contributed by atoms with Gasteiger partial charge in [-0.2, -0.15) is 0 Å². The second kappa shape index (κ2) is 4.22. The number of anilines is 1. The summed E-state index contributed by atoms with van der Waals surface area (Å²) in [5.41, 5.74) is 2.68. The lowest BCUT2D eigenvalue weighted by molar-refractivity contribution is 0.247. The highest BCUT2D eigenvalue weighted by atomic mass is 16.5. The van der Waals surface area contributed by atoms with Gasteiger partial charge in [-0.3, -0.25) is 0 Å². The standard InChI is InChI=1S/C14H20N2O/c1-10(2)11-3-4-14-13(7-11)16-6-5-15-8-12(16)9-17-14/h3-4,7,10,12,15H,5-6,8-9H2,1-2H3. The van der Waals surface area contributed by atoms with Crippen LogP contribution in [0.15, 0.2) is 18.2 Å². The Bertz CT molecular complexity index is 417. The molecule has 0 aromatic heterocycles. The van der Waals surface area contributed by atoms with Crippen LogP contribution in [0.1, 0.15) is 25.3 Å². The van der Waals surface area contributed by atoms with Gasteiger partial charge in [0.1, 0.15) is 12.4 Å². The van der Waals surface area contributed by atoms with Crippen molar-refractivity contribution >= 4 is 5.69 Å². The lowest BCUT2D eigenvalue weighted by Crippen LogP contribution is -2.55. The minimum atomic E-state index is 0.499. The third-order valence-corrected chi connectivity index (χ3v) is 3.74. The molecule has 1 saturated heterocycles. The highest BCUT2D eigenvalue weighted by Gasteiger charge is 2.29. The van der Waals surface area contributed by atoms with Crippen LogP contribution < -0.4 is 15.0 Å². The molecule has 3 nitrogen and oxygen atoms in total. The van der Waals surface area contributed by atoms with E-state index in [2.05, 4.69) is 42.3 Å². The Morgan fingerprint density at radius 2 is 2.29 bits per heavy atom. The fourth-order valence-electron chi connectivity index (χ4n) is 2.65. The smallest absolute Gasteiger partial charge is 0.142 e. The molecule has 0 spiro atoms. The zero-order valence-electron chi connectivity index (χ0n) is 10.6. The Balaban J connectivity index is 1.98. The van der Waals surface area contributed by atoms with Gasteiger partial charge < -0.3 is 15.0 Å². The summed E-state index contributed by atoms with van der Waals surface area (Å²) in [6.07, 6.45) is 0. The van der Waals surface area contributed by atoms with E-state index in [9.17, 15) is 0 Å². The quantitative estimate of drug-likeness (QED) is 0.801. The van der Waals surface area contributed by atoms with Gasteiger partial charge in [-0.15, -0.1) is 0 Å². The maximum atomic E-state index is 5.85. The Morgan fingerprint density at radius 3 is 3.12 bits per heavy atom. The van der Waals surface area contributed by atoms with Crippen LogP contribution in [0.2, 0.25) is 0 Å². The monoisotopic (exact) mass is 232 g/mol. The van der Waals surface area contributed by atoms with Crippen molar-refractivity contribution in [3.05, 3.63) is 23.8 Å². The Labute approximate surface area is 103 Å². The first-order valence-electron chi connectivity index (χ1n) is 6.50. The first-order valence-corrected chi connectivity index (χ1v) is 6.50. The van der Waals surface area contributed by atoms with E-state index in [1.807, 2.05) is 0 Å². The molecule has 3 heteroatoms. The molecule has 1 atom stereocenters. The van der Waals surface area contributed by atoms with Crippen LogP contribution in [-0.4, -0.2) is 32.3 Å². The average Bonchev–Trinajstić information content (AvgIpc) is 2.38. The van der Waals surface area contributed by atoms with Crippen molar-refractivity contribution in [3.63, 3.8) is 0 Å². The molecule has 1 unspecified atom stereocenters. The van der Waals surface area contributed by atoms with Crippen LogP contribution in [0.4, 0.5) is 5.69 Å². The van der Waals surface area contributed by atoms with E-state index in [1.54, 1.807) is 0 Å². The molecule has 0 bridgehead atoms. The van der Waals surface area contributed by atoms with Gasteiger partial charge in [0, 0.05) is 19.6 Å². The molecule has 1 aromatic carbocycles. The van der Waals surface area contributed by atoms with E-state index in [1.165, 1.54) is 11.3 Å². The van der Waals surface area contributed by atoms with Gasteiger partial charge >= 0.3 is 0 Å². The summed E-state index contributed by atoms with van der Waals surface area (Å²) in [5, 5.41) is 3.43. The van der Waals surface area contributed by atoms with Crippen LogP contribution in [-0.2, 0) is 0 Å². The molecule has 1 fully saturated rings. The van der Waals surface area contributed by atoms with Gasteiger partial charge in [-0.25, -0.2) is 0 Å². The lowest BCUT2D eigenvalue weighted by Gasteiger charge is -2.42. The summed E-state index contributed by atoms with van der Waals surface area (Å²) in [6.45, 7) is 8.47. The van der Waals surface area contributed by atoms with E-state index >= 15 is 0 Å². The van der Waals surface area contributed by atoms with Gasteiger partial charge in [0.15, 0.2) is 0 Å². The number of hydrogen-bond donors (Lipinski definition) is 1. The average molecular weight is 232 g/mol. The maximum absolute atomic E-state index is 5.85. The van der Waals surface area contributed by atoms with Gasteiger partial charge in [-0.05, 0) is 23.6 Å². The Morgan fingerprint density at radius 1 is 1.41 bits per heavy atom. The van der Waals surface area contributed by atoms with E-state index in [0.717, 1.165) is 32.0 Å². The van der Waals surface area contributed by atoms with Crippen molar-refractivity contribution < 1.29 is 4.74 Å². The lowest BCUT2D eigenvalue weighted by atomic mass is 10.0. The number of piperazine rings is 1. The highest BCUT2D eigenvalue weighted by molar-refractivity contribution is 5.63. The first kappa shape index (κ1) is 10.9. The zero-order valence-corrected chi connectivity index (χ0v) is 10.6. The molecule has 0 aliphatic carbocycles. The van der Waals surface area contributed by atoms with Crippen molar-refractivity contribution in [1.29, 1.82) is 0 Å². The molecule has 2 heterocycles. The number of fused-ring (bicyclic) bond motifs is 3. The van der Waals surface area contributed by atoms with Crippen LogP contribution >= 0.6 is 0 Å². The minimum absolute atomic E-state index is 0.499. The van der Waals surface area contributed by atoms with Crippen molar-refractivity contribution in [1.82, 2.24) is 5.32 Å². The first-order chi connectivity index (χ1) is 8.25. The van der Waals surface area contributed by atoms with Crippen molar-refractivity contribution in [2.75, 3.05) is 31.1 Å². The number of hydrogen-bond acceptors (Lipinski definition) is 3. The molecule has 0 saturated carbocycles. The van der Waals surface area contributed by atoms with Gasteiger partial charge in [0.05, 0.1) is 11.7 Å². The maximum Gasteiger partial charge on any atom is 0.142 e. The fraction of sp³-hybridized carbons (Fsp3) is 0.571. The van der Waals surface area contributed by atoms with E-state index in [4.69, 9.17) is 4.74 Å². The highest BCUT2D eigenvalue weighted by Crippen LogP contribution is 2.36. The molecule has 1 aromatic rings. The molecule has 92 valence electrons. The van der Waals surface area contributed by atoms with E-state index in [0.29, 0.717) is 12.0 Å². The van der Waals surface area contributed by atoms with Crippen LogP contribution in [0.3, 0.4) is 0 Å². The van der Waals surface area contributed by atoms with Crippen molar-refractivity contribution in [2.24, 2.45) is 0 Å². The zero-order chi connectivity index (χ0) is 11.8. The molecule has 2 aliphatic heterocycles. The Hall–Kier alpha value is -1.22. The van der Waals surface area contributed by atoms with Crippen LogP contribution in [0, 0.1) is 0 Å². The third kappa shape index (κ3) is 1.89. The van der Waals surface area contributed by atoms with Gasteiger partial charge in [0.25, 0.3) is 0 Å². The number of ether oxygens (including phenoxy) is 1. The molecule has 2 aliphatic rings. The van der Waals surface area contributed by atoms with E-state index < -0.39 is 0 Å².